The number of ether oxygens (including phenoxy) is 1. The van der Waals surface area contributed by atoms with E-state index in [1.165, 1.54) is 11.3 Å². The highest BCUT2D eigenvalue weighted by molar-refractivity contribution is 7.12. The van der Waals surface area contributed by atoms with E-state index >= 15 is 0 Å². The molecular weight excluding hydrogens is 404 g/mol. The summed E-state index contributed by atoms with van der Waals surface area (Å²) < 4.78 is 7.26. The molecule has 0 spiro atoms. The van der Waals surface area contributed by atoms with Crippen molar-refractivity contribution in [1.82, 2.24) is 29.8 Å². The predicted octanol–water partition coefficient (Wildman–Crippen LogP) is 1.08. The Morgan fingerprint density at radius 3 is 2.93 bits per heavy atom. The van der Waals surface area contributed by atoms with Crippen molar-refractivity contribution in [1.29, 1.82) is 0 Å². The summed E-state index contributed by atoms with van der Waals surface area (Å²) in [4.78, 5) is 31.8. The fourth-order valence-corrected chi connectivity index (χ4v) is 4.54. The quantitative estimate of drug-likeness (QED) is 0.553. The lowest BCUT2D eigenvalue weighted by molar-refractivity contribution is 0.122. The first-order valence-corrected chi connectivity index (χ1v) is 11.0. The number of aromatic amines is 1. The average Bonchev–Trinajstić information content (AvgIpc) is 3.47. The number of anilines is 2. The first-order chi connectivity index (χ1) is 14.8. The summed E-state index contributed by atoms with van der Waals surface area (Å²) in [5.41, 5.74) is 0.887. The molecule has 3 N–H and O–H groups in total. The number of thiazole rings is 1. The molecular formula is C19H24N8O2S. The number of nitrogens with one attached hydrogen (secondary N) is 3. The smallest absolute Gasteiger partial charge is 0.263 e. The molecule has 0 saturated carbocycles. The molecule has 1 atom stereocenters. The van der Waals surface area contributed by atoms with Gasteiger partial charge in [-0.3, -0.25) is 14.3 Å². The van der Waals surface area contributed by atoms with Crippen molar-refractivity contribution in [3.05, 3.63) is 34.5 Å². The fourth-order valence-electron chi connectivity index (χ4n) is 3.77. The van der Waals surface area contributed by atoms with E-state index in [0.717, 1.165) is 31.1 Å². The monoisotopic (exact) mass is 428 g/mol. The van der Waals surface area contributed by atoms with Gasteiger partial charge in [-0.1, -0.05) is 0 Å². The van der Waals surface area contributed by atoms with Crippen LogP contribution in [0.15, 0.2) is 28.9 Å². The highest BCUT2D eigenvalue weighted by atomic mass is 32.1. The summed E-state index contributed by atoms with van der Waals surface area (Å²) in [7, 11) is 0. The first-order valence-electron chi connectivity index (χ1n) is 10.2. The van der Waals surface area contributed by atoms with E-state index in [2.05, 4.69) is 30.5 Å². The average molecular weight is 429 g/mol. The molecule has 0 amide bonds. The number of rotatable bonds is 5. The zero-order chi connectivity index (χ0) is 20.3. The number of nitrogens with zero attached hydrogens (tertiary/aromatic N) is 5. The molecule has 11 heteroatoms. The van der Waals surface area contributed by atoms with E-state index < -0.39 is 0 Å². The van der Waals surface area contributed by atoms with Crippen molar-refractivity contribution < 1.29 is 4.74 Å². The van der Waals surface area contributed by atoms with Crippen molar-refractivity contribution >= 4 is 23.1 Å². The van der Waals surface area contributed by atoms with Crippen LogP contribution in [0.1, 0.15) is 12.8 Å². The van der Waals surface area contributed by atoms with Gasteiger partial charge >= 0.3 is 0 Å². The third-order valence-corrected chi connectivity index (χ3v) is 6.18. The van der Waals surface area contributed by atoms with E-state index in [1.54, 1.807) is 12.5 Å². The summed E-state index contributed by atoms with van der Waals surface area (Å²) in [6, 6.07) is 0.219. The van der Waals surface area contributed by atoms with Gasteiger partial charge in [-0.2, -0.15) is 4.98 Å². The summed E-state index contributed by atoms with van der Waals surface area (Å²) >= 11 is 1.46. The lowest BCUT2D eigenvalue weighted by atomic mass is 10.1. The first kappa shape index (κ1) is 19.2. The lowest BCUT2D eigenvalue weighted by Gasteiger charge is -2.29. The third kappa shape index (κ3) is 3.95. The van der Waals surface area contributed by atoms with Gasteiger partial charge in [0.25, 0.3) is 5.56 Å². The molecule has 2 aliphatic heterocycles. The molecule has 10 nitrogen and oxygen atoms in total. The third-order valence-electron chi connectivity index (χ3n) is 5.33. The molecule has 2 fully saturated rings. The van der Waals surface area contributed by atoms with E-state index in [9.17, 15) is 4.79 Å². The molecule has 30 heavy (non-hydrogen) atoms. The SMILES string of the molecule is O=c1[nH]c(N2CCOCC2)nc(NC2CCCNC2)c1-c1csc(-n2ccnc2)n1. The standard InChI is InChI=1S/C19H24N8O2S/c28-17-15(14-11-30-19(23-14)27-5-4-21-12-27)16(22-13-2-1-3-20-10-13)24-18(25-17)26-6-8-29-9-7-26/h4-5,11-13,20H,1-3,6-10H2,(H2,22,24,25,28). The normalized spacial score (nSPS) is 19.7. The summed E-state index contributed by atoms with van der Waals surface area (Å²) in [5, 5.41) is 9.55. The maximum absolute atomic E-state index is 13.2. The van der Waals surface area contributed by atoms with E-state index in [1.807, 2.05) is 16.1 Å². The Morgan fingerprint density at radius 1 is 1.27 bits per heavy atom. The molecule has 0 radical (unpaired) electrons. The van der Waals surface area contributed by atoms with Crippen LogP contribution in [0.2, 0.25) is 0 Å². The number of hydrogen-bond donors (Lipinski definition) is 3. The van der Waals surface area contributed by atoms with Gasteiger partial charge in [-0.25, -0.2) is 9.97 Å². The Balaban J connectivity index is 1.53. The van der Waals surface area contributed by atoms with Gasteiger partial charge in [-0.15, -0.1) is 11.3 Å². The second kappa shape index (κ2) is 8.54. The van der Waals surface area contributed by atoms with Crippen LogP contribution in [0.3, 0.4) is 0 Å². The Morgan fingerprint density at radius 2 is 2.17 bits per heavy atom. The summed E-state index contributed by atoms with van der Waals surface area (Å²) in [6.45, 7) is 4.52. The van der Waals surface area contributed by atoms with Crippen LogP contribution in [0, 0.1) is 0 Å². The van der Waals surface area contributed by atoms with Crippen LogP contribution in [-0.2, 0) is 4.74 Å². The van der Waals surface area contributed by atoms with E-state index in [0.29, 0.717) is 49.3 Å². The van der Waals surface area contributed by atoms with Crippen LogP contribution in [0.4, 0.5) is 11.8 Å². The maximum atomic E-state index is 13.2. The van der Waals surface area contributed by atoms with Crippen molar-refractivity contribution in [2.75, 3.05) is 49.6 Å². The molecule has 5 heterocycles. The maximum Gasteiger partial charge on any atom is 0.263 e. The molecule has 1 unspecified atom stereocenters. The Labute approximate surface area is 177 Å². The van der Waals surface area contributed by atoms with Gasteiger partial charge in [-0.05, 0) is 19.4 Å². The van der Waals surface area contributed by atoms with Crippen molar-refractivity contribution in [3.8, 4) is 16.4 Å². The molecule has 3 aromatic rings. The second-order valence-corrected chi connectivity index (χ2v) is 8.22. The molecule has 5 rings (SSSR count). The number of imidazole rings is 1. The predicted molar refractivity (Wildman–Crippen MR) is 116 cm³/mol. The molecule has 2 aliphatic rings. The summed E-state index contributed by atoms with van der Waals surface area (Å²) in [6.07, 6.45) is 7.35. The highest BCUT2D eigenvalue weighted by Gasteiger charge is 2.23. The zero-order valence-electron chi connectivity index (χ0n) is 16.5. The molecule has 2 saturated heterocycles. The fraction of sp³-hybridized carbons (Fsp3) is 0.474. The van der Waals surface area contributed by atoms with Crippen molar-refractivity contribution in [2.45, 2.75) is 18.9 Å². The molecule has 0 bridgehead atoms. The van der Waals surface area contributed by atoms with E-state index in [4.69, 9.17) is 9.72 Å². The number of hydrogen-bond acceptors (Lipinski definition) is 9. The minimum atomic E-state index is -0.194. The van der Waals surface area contributed by atoms with E-state index in [-0.39, 0.29) is 11.6 Å². The molecule has 158 valence electrons. The minimum absolute atomic E-state index is 0.194. The largest absolute Gasteiger partial charge is 0.378 e. The minimum Gasteiger partial charge on any atom is -0.378 e. The Bertz CT molecular complexity index is 1040. The van der Waals surface area contributed by atoms with Crippen LogP contribution in [-0.4, -0.2) is 69.9 Å². The van der Waals surface area contributed by atoms with Crippen LogP contribution in [0.25, 0.3) is 16.4 Å². The molecule has 0 aromatic carbocycles. The number of aromatic nitrogens is 5. The van der Waals surface area contributed by atoms with Crippen molar-refractivity contribution in [2.24, 2.45) is 0 Å². The summed E-state index contributed by atoms with van der Waals surface area (Å²) in [5.74, 6) is 1.15. The van der Waals surface area contributed by atoms with Crippen LogP contribution in [0.5, 0.6) is 0 Å². The van der Waals surface area contributed by atoms with Crippen LogP contribution >= 0.6 is 11.3 Å². The Hall–Kier alpha value is -2.76. The van der Waals surface area contributed by atoms with Gasteiger partial charge < -0.3 is 20.3 Å². The highest BCUT2D eigenvalue weighted by Crippen LogP contribution is 2.28. The van der Waals surface area contributed by atoms with Gasteiger partial charge in [0, 0.05) is 43.4 Å². The van der Waals surface area contributed by atoms with Gasteiger partial charge in [0.2, 0.25) is 5.95 Å². The number of H-pyrrole nitrogens is 1. The number of morpholine rings is 1. The number of piperidine rings is 1. The lowest BCUT2D eigenvalue weighted by Crippen LogP contribution is -2.40. The Kier molecular flexibility index (Phi) is 5.47. The molecule has 3 aromatic heterocycles. The van der Waals surface area contributed by atoms with Crippen molar-refractivity contribution in [3.63, 3.8) is 0 Å². The zero-order valence-corrected chi connectivity index (χ0v) is 17.3. The molecule has 0 aliphatic carbocycles. The van der Waals surface area contributed by atoms with Crippen LogP contribution < -0.4 is 21.1 Å². The second-order valence-electron chi connectivity index (χ2n) is 7.39. The van der Waals surface area contributed by atoms with Gasteiger partial charge in [0.1, 0.15) is 17.7 Å². The topological polar surface area (TPSA) is 113 Å². The van der Waals surface area contributed by atoms with Gasteiger partial charge in [0.15, 0.2) is 5.13 Å². The van der Waals surface area contributed by atoms with Gasteiger partial charge in [0.05, 0.1) is 18.9 Å².